The van der Waals surface area contributed by atoms with Gasteiger partial charge >= 0.3 is 0 Å². The first-order valence-electron chi connectivity index (χ1n) is 8.95. The van der Waals surface area contributed by atoms with Gasteiger partial charge in [0.1, 0.15) is 36.3 Å². The Morgan fingerprint density at radius 2 is 1.86 bits per heavy atom. The Kier molecular flexibility index (Phi) is 5.71. The molecule has 5 atom stereocenters. The second-order valence-electron chi connectivity index (χ2n) is 6.86. The predicted octanol–water partition coefficient (Wildman–Crippen LogP) is 2.08. The molecule has 0 radical (unpaired) electrons. The number of aliphatic hydroxyl groups is 4. The van der Waals surface area contributed by atoms with E-state index < -0.39 is 37.1 Å². The molecule has 0 bridgehead atoms. The lowest BCUT2D eigenvalue weighted by molar-refractivity contribution is -0.231. The average molecular weight is 423 g/mol. The van der Waals surface area contributed by atoms with Crippen LogP contribution in [0, 0.1) is 0 Å². The van der Waals surface area contributed by atoms with Gasteiger partial charge < -0.3 is 29.9 Å². The summed E-state index contributed by atoms with van der Waals surface area (Å²) in [5, 5.41) is 42.0. The Bertz CT molecular complexity index is 921. The molecule has 3 aromatic rings. The van der Waals surface area contributed by atoms with Crippen molar-refractivity contribution in [3.05, 3.63) is 51.7 Å². The minimum absolute atomic E-state index is 0.448. The van der Waals surface area contributed by atoms with Gasteiger partial charge in [-0.25, -0.2) is 0 Å². The number of fused-ring (bicyclic) bond motifs is 1. The summed E-state index contributed by atoms with van der Waals surface area (Å²) < 4.78 is 13.7. The molecule has 0 spiro atoms. The molecule has 1 aliphatic heterocycles. The molecule has 3 heterocycles. The molecule has 1 aromatic carbocycles. The van der Waals surface area contributed by atoms with Crippen LogP contribution in [0.1, 0.15) is 22.1 Å². The molecule has 150 valence electrons. The molecule has 8 heteroatoms. The molecule has 1 fully saturated rings. The maximum Gasteiger partial charge on any atom is 0.122 e. The third kappa shape index (κ3) is 3.57. The van der Waals surface area contributed by atoms with Gasteiger partial charge in [-0.15, -0.1) is 22.7 Å². The summed E-state index contributed by atoms with van der Waals surface area (Å²) in [5.74, 6) is 0.727. The molecular weight excluding hydrogens is 400 g/mol. The number of thiophene rings is 2. The van der Waals surface area contributed by atoms with Gasteiger partial charge in [0.25, 0.3) is 0 Å². The maximum atomic E-state index is 10.4. The van der Waals surface area contributed by atoms with Gasteiger partial charge in [-0.3, -0.25) is 0 Å². The number of hydrogen-bond acceptors (Lipinski definition) is 8. The van der Waals surface area contributed by atoms with E-state index in [0.717, 1.165) is 11.3 Å². The highest BCUT2D eigenvalue weighted by Crippen LogP contribution is 2.37. The lowest BCUT2D eigenvalue weighted by atomic mass is 9.90. The number of methoxy groups -OCH3 is 1. The van der Waals surface area contributed by atoms with E-state index in [1.807, 2.05) is 12.1 Å². The zero-order chi connectivity index (χ0) is 19.8. The Hall–Kier alpha value is -1.52. The van der Waals surface area contributed by atoms with E-state index in [4.69, 9.17) is 9.47 Å². The van der Waals surface area contributed by atoms with Crippen molar-refractivity contribution < 1.29 is 29.9 Å². The van der Waals surface area contributed by atoms with E-state index in [2.05, 4.69) is 17.5 Å². The first-order chi connectivity index (χ1) is 13.5. The topological polar surface area (TPSA) is 99.4 Å². The van der Waals surface area contributed by atoms with Crippen LogP contribution in [0.5, 0.6) is 5.75 Å². The van der Waals surface area contributed by atoms with Crippen LogP contribution in [0.2, 0.25) is 0 Å². The minimum atomic E-state index is -1.40. The summed E-state index contributed by atoms with van der Waals surface area (Å²) in [6.45, 7) is -0.448. The predicted molar refractivity (Wildman–Crippen MR) is 108 cm³/mol. The first kappa shape index (κ1) is 19.8. The van der Waals surface area contributed by atoms with Crippen molar-refractivity contribution in [3.63, 3.8) is 0 Å². The summed E-state index contributed by atoms with van der Waals surface area (Å²) in [7, 11) is 1.61. The summed E-state index contributed by atoms with van der Waals surface area (Å²) in [4.78, 5) is 1.20. The Morgan fingerprint density at radius 1 is 1.04 bits per heavy atom. The van der Waals surface area contributed by atoms with E-state index in [1.165, 1.54) is 14.3 Å². The molecule has 1 saturated heterocycles. The molecule has 4 N–H and O–H groups in total. The van der Waals surface area contributed by atoms with Crippen LogP contribution in [0.15, 0.2) is 35.7 Å². The second kappa shape index (κ2) is 8.08. The SMILES string of the molecule is COc1ccc([C@@H]2O[C@H](CO)[C@@H](O)[C@H](O)[C@H]2O)cc1Cc1cc2sccc2s1. The third-order valence-corrected chi connectivity index (χ3v) is 7.17. The summed E-state index contributed by atoms with van der Waals surface area (Å²) in [5.41, 5.74) is 1.59. The minimum Gasteiger partial charge on any atom is -0.496 e. The van der Waals surface area contributed by atoms with Crippen molar-refractivity contribution in [2.24, 2.45) is 0 Å². The number of hydrogen-bond donors (Lipinski definition) is 4. The largest absolute Gasteiger partial charge is 0.496 e. The zero-order valence-electron chi connectivity index (χ0n) is 15.2. The van der Waals surface area contributed by atoms with E-state index in [9.17, 15) is 20.4 Å². The Balaban J connectivity index is 1.64. The van der Waals surface area contributed by atoms with Crippen LogP contribution in [-0.4, -0.2) is 58.6 Å². The van der Waals surface area contributed by atoms with Crippen LogP contribution in [0.3, 0.4) is 0 Å². The standard InChI is InChI=1S/C20H22O6S2/c1-25-13-3-2-10(20-19(24)18(23)17(22)14(9-21)26-20)6-11(13)7-12-8-16-15(28-12)4-5-27-16/h2-6,8,14,17-24H,7,9H2,1H3/t14-,17-,18+,19-,20+/m1/s1. The molecule has 2 aromatic heterocycles. The molecule has 4 rings (SSSR count). The lowest BCUT2D eigenvalue weighted by Gasteiger charge is -2.40. The van der Waals surface area contributed by atoms with Crippen LogP contribution in [0.4, 0.5) is 0 Å². The van der Waals surface area contributed by atoms with Gasteiger partial charge in [0.15, 0.2) is 0 Å². The fourth-order valence-corrected chi connectivity index (χ4v) is 5.74. The maximum absolute atomic E-state index is 10.4. The number of rotatable bonds is 5. The van der Waals surface area contributed by atoms with Gasteiger partial charge in [0.2, 0.25) is 0 Å². The smallest absolute Gasteiger partial charge is 0.122 e. The number of benzene rings is 1. The molecule has 0 unspecified atom stereocenters. The highest BCUT2D eigenvalue weighted by molar-refractivity contribution is 7.26. The highest BCUT2D eigenvalue weighted by atomic mass is 32.1. The van der Waals surface area contributed by atoms with Crippen LogP contribution < -0.4 is 4.74 Å². The van der Waals surface area contributed by atoms with Crippen LogP contribution >= 0.6 is 22.7 Å². The normalized spacial score (nSPS) is 28.0. The van der Waals surface area contributed by atoms with Crippen molar-refractivity contribution in [3.8, 4) is 5.75 Å². The molecule has 1 aliphatic rings. The molecule has 0 saturated carbocycles. The fraction of sp³-hybridized carbons (Fsp3) is 0.400. The lowest BCUT2D eigenvalue weighted by Crippen LogP contribution is -2.55. The Morgan fingerprint density at radius 3 is 2.57 bits per heavy atom. The van der Waals surface area contributed by atoms with E-state index in [-0.39, 0.29) is 0 Å². The monoisotopic (exact) mass is 422 g/mol. The van der Waals surface area contributed by atoms with Crippen molar-refractivity contribution in [2.45, 2.75) is 36.9 Å². The second-order valence-corrected chi connectivity index (χ2v) is 8.98. The van der Waals surface area contributed by atoms with Gasteiger partial charge in [0, 0.05) is 20.7 Å². The van der Waals surface area contributed by atoms with Gasteiger partial charge in [-0.2, -0.15) is 0 Å². The summed E-state index contributed by atoms with van der Waals surface area (Å²) in [6, 6.07) is 9.74. The quantitative estimate of drug-likeness (QED) is 0.503. The molecule has 28 heavy (non-hydrogen) atoms. The highest BCUT2D eigenvalue weighted by Gasteiger charge is 2.44. The number of ether oxygens (including phenoxy) is 2. The summed E-state index contributed by atoms with van der Waals surface area (Å²) >= 11 is 3.44. The molecule has 0 amide bonds. The van der Waals surface area contributed by atoms with Crippen molar-refractivity contribution in [1.82, 2.24) is 0 Å². The van der Waals surface area contributed by atoms with Crippen molar-refractivity contribution in [2.75, 3.05) is 13.7 Å². The molecule has 6 nitrogen and oxygen atoms in total. The van der Waals surface area contributed by atoms with Gasteiger partial charge in [-0.05, 0) is 40.8 Å². The molecule has 0 aliphatic carbocycles. The van der Waals surface area contributed by atoms with E-state index in [0.29, 0.717) is 12.0 Å². The van der Waals surface area contributed by atoms with Gasteiger partial charge in [0.05, 0.1) is 13.7 Å². The average Bonchev–Trinajstić information content (AvgIpc) is 3.28. The van der Waals surface area contributed by atoms with Crippen LogP contribution in [0.25, 0.3) is 9.40 Å². The number of aliphatic hydroxyl groups excluding tert-OH is 4. The zero-order valence-corrected chi connectivity index (χ0v) is 16.8. The molecular formula is C20H22O6S2. The first-order valence-corrected chi connectivity index (χ1v) is 10.6. The fourth-order valence-electron chi connectivity index (χ4n) is 3.58. The van der Waals surface area contributed by atoms with E-state index >= 15 is 0 Å². The third-order valence-electron chi connectivity index (χ3n) is 5.08. The summed E-state index contributed by atoms with van der Waals surface area (Å²) in [6.07, 6.45) is -5.18. The Labute approximate surface area is 170 Å². The van der Waals surface area contributed by atoms with Crippen molar-refractivity contribution in [1.29, 1.82) is 0 Å². The van der Waals surface area contributed by atoms with E-state index in [1.54, 1.807) is 35.8 Å². The van der Waals surface area contributed by atoms with Crippen LogP contribution in [-0.2, 0) is 11.2 Å². The van der Waals surface area contributed by atoms with Crippen molar-refractivity contribution >= 4 is 32.1 Å². The van der Waals surface area contributed by atoms with Gasteiger partial charge in [-0.1, -0.05) is 6.07 Å².